The van der Waals surface area contributed by atoms with E-state index in [0.29, 0.717) is 0 Å². The van der Waals surface area contributed by atoms with Gasteiger partial charge in [0.25, 0.3) is 0 Å². The number of rotatable bonds is 4. The highest BCUT2D eigenvalue weighted by molar-refractivity contribution is 5.00. The molecule has 0 bridgehead atoms. The number of aromatic nitrogens is 2. The van der Waals surface area contributed by atoms with Gasteiger partial charge in [-0.3, -0.25) is 0 Å². The number of hydrogen-bond acceptors (Lipinski definition) is 2. The fourth-order valence-electron chi connectivity index (χ4n) is 1.34. The molecule has 0 spiro atoms. The highest BCUT2D eigenvalue weighted by atomic mass is 19.1. The van der Waals surface area contributed by atoms with Crippen molar-refractivity contribution in [1.82, 2.24) is 9.55 Å². The summed E-state index contributed by atoms with van der Waals surface area (Å²) in [5, 5.41) is 0. The van der Waals surface area contributed by atoms with Crippen LogP contribution in [0.4, 0.5) is 4.39 Å². The van der Waals surface area contributed by atoms with Gasteiger partial charge in [-0.1, -0.05) is 13.8 Å². The molecule has 14 heavy (non-hydrogen) atoms. The highest BCUT2D eigenvalue weighted by Gasteiger charge is 2.33. The van der Waals surface area contributed by atoms with Crippen LogP contribution < -0.4 is 5.73 Å². The van der Waals surface area contributed by atoms with Gasteiger partial charge in [-0.05, 0) is 5.92 Å². The molecule has 0 saturated carbocycles. The SMILES string of the molecule is CC(C)C(F)(CN)Cc1nccn1C. The summed E-state index contributed by atoms with van der Waals surface area (Å²) in [6, 6.07) is 0. The maximum absolute atomic E-state index is 14.2. The fraction of sp³-hybridized carbons (Fsp3) is 0.700. The van der Waals surface area contributed by atoms with Crippen molar-refractivity contribution in [2.24, 2.45) is 18.7 Å². The standard InChI is InChI=1S/C10H18FN3/c1-8(2)10(11,7-12)6-9-13-4-5-14(9)3/h4-5,8H,6-7,12H2,1-3H3. The monoisotopic (exact) mass is 199 g/mol. The van der Waals surface area contributed by atoms with Gasteiger partial charge in [-0.2, -0.15) is 0 Å². The third-order valence-corrected chi connectivity index (χ3v) is 2.75. The second-order valence-corrected chi connectivity index (χ2v) is 4.02. The Balaban J connectivity index is 2.80. The Hall–Kier alpha value is -0.900. The van der Waals surface area contributed by atoms with Gasteiger partial charge in [0.15, 0.2) is 0 Å². The molecule has 1 rings (SSSR count). The molecular weight excluding hydrogens is 181 g/mol. The quantitative estimate of drug-likeness (QED) is 0.794. The summed E-state index contributed by atoms with van der Waals surface area (Å²) in [6.45, 7) is 3.73. The van der Waals surface area contributed by atoms with Crippen molar-refractivity contribution < 1.29 is 4.39 Å². The van der Waals surface area contributed by atoms with Crippen LogP contribution in [0.2, 0.25) is 0 Å². The minimum Gasteiger partial charge on any atom is -0.338 e. The molecule has 3 nitrogen and oxygen atoms in total. The first kappa shape index (κ1) is 11.2. The van der Waals surface area contributed by atoms with Crippen LogP contribution in [0.25, 0.3) is 0 Å². The molecule has 0 aliphatic rings. The first-order valence-electron chi connectivity index (χ1n) is 4.85. The topological polar surface area (TPSA) is 43.8 Å². The van der Waals surface area contributed by atoms with Gasteiger partial charge < -0.3 is 10.3 Å². The van der Waals surface area contributed by atoms with Crippen LogP contribution in [-0.2, 0) is 13.5 Å². The Labute approximate surface area is 84.1 Å². The molecule has 0 aliphatic carbocycles. The highest BCUT2D eigenvalue weighted by Crippen LogP contribution is 2.24. The average Bonchev–Trinajstić information content (AvgIpc) is 2.51. The zero-order valence-electron chi connectivity index (χ0n) is 9.00. The van der Waals surface area contributed by atoms with E-state index in [9.17, 15) is 4.39 Å². The van der Waals surface area contributed by atoms with E-state index >= 15 is 0 Å². The minimum absolute atomic E-state index is 0.0392. The van der Waals surface area contributed by atoms with Gasteiger partial charge in [-0.15, -0.1) is 0 Å². The van der Waals surface area contributed by atoms with E-state index in [4.69, 9.17) is 5.73 Å². The Morgan fingerprint density at radius 2 is 2.29 bits per heavy atom. The largest absolute Gasteiger partial charge is 0.338 e. The molecule has 80 valence electrons. The lowest BCUT2D eigenvalue weighted by atomic mass is 9.89. The summed E-state index contributed by atoms with van der Waals surface area (Å²) >= 11 is 0. The van der Waals surface area contributed by atoms with Crippen molar-refractivity contribution in [3.63, 3.8) is 0 Å². The lowest BCUT2D eigenvalue weighted by Crippen LogP contribution is -2.41. The van der Waals surface area contributed by atoms with E-state index in [-0.39, 0.29) is 18.9 Å². The van der Waals surface area contributed by atoms with Gasteiger partial charge in [0.1, 0.15) is 11.5 Å². The van der Waals surface area contributed by atoms with E-state index in [1.807, 2.05) is 31.7 Å². The number of hydrogen-bond donors (Lipinski definition) is 1. The third-order valence-electron chi connectivity index (χ3n) is 2.75. The van der Waals surface area contributed by atoms with Gasteiger partial charge in [0, 0.05) is 32.4 Å². The normalized spacial score (nSPS) is 15.9. The molecule has 0 radical (unpaired) electrons. The predicted molar refractivity (Wildman–Crippen MR) is 54.6 cm³/mol. The van der Waals surface area contributed by atoms with Gasteiger partial charge in [0.05, 0.1) is 0 Å². The van der Waals surface area contributed by atoms with E-state index in [1.165, 1.54) is 0 Å². The molecular formula is C10H18FN3. The Bertz CT molecular complexity index is 295. The van der Waals surface area contributed by atoms with Gasteiger partial charge in [0.2, 0.25) is 0 Å². The molecule has 0 aliphatic heterocycles. The summed E-state index contributed by atoms with van der Waals surface area (Å²) in [7, 11) is 1.86. The number of alkyl halides is 1. The second kappa shape index (κ2) is 4.09. The number of nitrogens with zero attached hydrogens (tertiary/aromatic N) is 2. The lowest BCUT2D eigenvalue weighted by molar-refractivity contribution is 0.107. The van der Waals surface area contributed by atoms with Crippen LogP contribution in [0.1, 0.15) is 19.7 Å². The van der Waals surface area contributed by atoms with Crippen LogP contribution in [0.3, 0.4) is 0 Å². The lowest BCUT2D eigenvalue weighted by Gasteiger charge is -2.27. The number of aryl methyl sites for hydroxylation is 1. The van der Waals surface area contributed by atoms with Crippen molar-refractivity contribution in [3.05, 3.63) is 18.2 Å². The predicted octanol–water partition coefficient (Wildman–Crippen LogP) is 1.29. The van der Waals surface area contributed by atoms with E-state index < -0.39 is 5.67 Å². The molecule has 4 heteroatoms. The molecule has 2 N–H and O–H groups in total. The molecule has 0 amide bonds. The molecule has 1 unspecified atom stereocenters. The van der Waals surface area contributed by atoms with Crippen molar-refractivity contribution >= 4 is 0 Å². The molecule has 1 heterocycles. The van der Waals surface area contributed by atoms with Crippen LogP contribution in [-0.4, -0.2) is 21.8 Å². The molecule has 1 aromatic rings. The smallest absolute Gasteiger partial charge is 0.132 e. The molecule has 1 atom stereocenters. The van der Waals surface area contributed by atoms with Crippen LogP contribution >= 0.6 is 0 Å². The molecule has 0 fully saturated rings. The summed E-state index contributed by atoms with van der Waals surface area (Å²) in [5.74, 6) is 0.649. The Kier molecular flexibility index (Phi) is 3.26. The van der Waals surface area contributed by atoms with Crippen LogP contribution in [0.5, 0.6) is 0 Å². The zero-order chi connectivity index (χ0) is 10.8. The number of imidazole rings is 1. The van der Waals surface area contributed by atoms with Gasteiger partial charge >= 0.3 is 0 Å². The van der Waals surface area contributed by atoms with E-state index in [1.54, 1.807) is 6.20 Å². The Morgan fingerprint density at radius 3 is 2.64 bits per heavy atom. The Morgan fingerprint density at radius 1 is 1.64 bits per heavy atom. The van der Waals surface area contributed by atoms with Crippen LogP contribution in [0, 0.1) is 5.92 Å². The maximum Gasteiger partial charge on any atom is 0.132 e. The van der Waals surface area contributed by atoms with Crippen molar-refractivity contribution in [3.8, 4) is 0 Å². The summed E-state index contributed by atoms with van der Waals surface area (Å²) in [6.07, 6.45) is 3.77. The molecule has 1 aromatic heterocycles. The molecule has 0 saturated heterocycles. The van der Waals surface area contributed by atoms with Crippen molar-refractivity contribution in [2.45, 2.75) is 25.9 Å². The number of nitrogens with two attached hydrogens (primary N) is 1. The van der Waals surface area contributed by atoms with E-state index in [0.717, 1.165) is 5.82 Å². The third kappa shape index (κ3) is 2.12. The summed E-state index contributed by atoms with van der Waals surface area (Å²) in [4.78, 5) is 4.10. The van der Waals surface area contributed by atoms with E-state index in [2.05, 4.69) is 4.98 Å². The van der Waals surface area contributed by atoms with Gasteiger partial charge in [-0.25, -0.2) is 9.37 Å². The fourth-order valence-corrected chi connectivity index (χ4v) is 1.34. The van der Waals surface area contributed by atoms with Crippen molar-refractivity contribution in [1.29, 1.82) is 0 Å². The molecule has 0 aromatic carbocycles. The average molecular weight is 199 g/mol. The number of halogens is 1. The minimum atomic E-state index is -1.35. The first-order chi connectivity index (χ1) is 6.49. The maximum atomic E-state index is 14.2. The second-order valence-electron chi connectivity index (χ2n) is 4.02. The zero-order valence-corrected chi connectivity index (χ0v) is 9.00. The first-order valence-corrected chi connectivity index (χ1v) is 4.85. The van der Waals surface area contributed by atoms with Crippen LogP contribution in [0.15, 0.2) is 12.4 Å². The van der Waals surface area contributed by atoms with Crippen molar-refractivity contribution in [2.75, 3.05) is 6.54 Å². The summed E-state index contributed by atoms with van der Waals surface area (Å²) < 4.78 is 16.0. The summed E-state index contributed by atoms with van der Waals surface area (Å²) in [5.41, 5.74) is 4.11.